The second-order valence-corrected chi connectivity index (χ2v) is 14.7. The third-order valence-electron chi connectivity index (χ3n) is 11.4. The molecule has 0 bridgehead atoms. The van der Waals surface area contributed by atoms with E-state index >= 15 is 0 Å². The predicted molar refractivity (Wildman–Crippen MR) is 214 cm³/mol. The van der Waals surface area contributed by atoms with Crippen LogP contribution in [0.4, 0.5) is 11.4 Å². The molecule has 0 saturated carbocycles. The second kappa shape index (κ2) is 18.1. The molecule has 0 aromatic heterocycles. The summed E-state index contributed by atoms with van der Waals surface area (Å²) >= 11 is 0. The molecular formula is C44H54N6O4. The Kier molecular flexibility index (Phi) is 12.6. The first-order valence-electron chi connectivity index (χ1n) is 19.5. The van der Waals surface area contributed by atoms with Crippen LogP contribution in [-0.4, -0.2) is 100 Å². The molecule has 4 aromatic rings. The Labute approximate surface area is 319 Å². The molecule has 4 N–H and O–H groups in total. The van der Waals surface area contributed by atoms with Crippen LogP contribution in [0.25, 0.3) is 0 Å². The van der Waals surface area contributed by atoms with Gasteiger partial charge >= 0.3 is 0 Å². The van der Waals surface area contributed by atoms with Crippen LogP contribution in [0.2, 0.25) is 0 Å². The van der Waals surface area contributed by atoms with Crippen LogP contribution in [-0.2, 0) is 22.3 Å². The maximum atomic E-state index is 11.2. The van der Waals surface area contributed by atoms with Gasteiger partial charge in [-0.05, 0) is 96.5 Å². The minimum Gasteiger partial charge on any atom is -0.373 e. The first-order valence-corrected chi connectivity index (χ1v) is 19.5. The molecule has 0 spiro atoms. The zero-order chi connectivity index (χ0) is 37.3. The van der Waals surface area contributed by atoms with Crippen LogP contribution in [0.1, 0.15) is 68.0 Å². The Hall–Kier alpha value is -4.74. The highest BCUT2D eigenvalue weighted by Gasteiger charge is 2.25. The van der Waals surface area contributed by atoms with E-state index in [0.29, 0.717) is 11.1 Å². The van der Waals surface area contributed by atoms with E-state index in [9.17, 15) is 9.59 Å². The SMILES string of the molecule is NC(=O)c1ccc(N2CCN(CCC3OCCc4ccccc43)CC2)cc1.NC(=O)c1ccc(N2CCN(CCC3OCCc4ccccc43)CC2)cc1. The lowest BCUT2D eigenvalue weighted by Gasteiger charge is -2.37. The number of fused-ring (bicyclic) bond motifs is 2. The van der Waals surface area contributed by atoms with E-state index in [1.165, 1.54) is 22.3 Å². The number of amides is 2. The van der Waals surface area contributed by atoms with Crippen LogP contribution < -0.4 is 21.3 Å². The van der Waals surface area contributed by atoms with Gasteiger partial charge in [0.25, 0.3) is 0 Å². The zero-order valence-corrected chi connectivity index (χ0v) is 31.3. The number of ether oxygens (including phenoxy) is 2. The number of nitrogens with two attached hydrogens (primary N) is 2. The molecule has 4 aromatic carbocycles. The molecule has 4 heterocycles. The molecule has 4 aliphatic heterocycles. The van der Waals surface area contributed by atoms with Gasteiger partial charge in [-0.25, -0.2) is 0 Å². The van der Waals surface area contributed by atoms with Crippen molar-refractivity contribution in [3.05, 3.63) is 130 Å². The Bertz CT molecular complexity index is 1700. The standard InChI is InChI=1S/2C22H27N3O2/c2*23-22(26)18-5-7-19(8-6-18)25-14-12-24(13-15-25)11-9-21-20-4-2-1-3-17(20)10-16-27-21/h2*1-8,21H,9-16H2,(H2,23,26). The molecule has 2 atom stereocenters. The van der Waals surface area contributed by atoms with Crippen LogP contribution in [0.5, 0.6) is 0 Å². The maximum Gasteiger partial charge on any atom is 0.248 e. The molecule has 284 valence electrons. The number of carbonyl (C=O) groups is 2. The van der Waals surface area contributed by atoms with Gasteiger partial charge in [0, 0.05) is 87.9 Å². The summed E-state index contributed by atoms with van der Waals surface area (Å²) in [6.07, 6.45) is 4.61. The number of benzene rings is 4. The molecule has 10 nitrogen and oxygen atoms in total. The first-order chi connectivity index (χ1) is 26.4. The largest absolute Gasteiger partial charge is 0.373 e. The number of primary amides is 2. The van der Waals surface area contributed by atoms with Crippen LogP contribution in [0.3, 0.4) is 0 Å². The summed E-state index contributed by atoms with van der Waals surface area (Å²) in [6.45, 7) is 12.0. The highest BCUT2D eigenvalue weighted by atomic mass is 16.5. The molecular weight excluding hydrogens is 677 g/mol. The first kappa shape index (κ1) is 37.6. The lowest BCUT2D eigenvalue weighted by atomic mass is 9.95. The summed E-state index contributed by atoms with van der Waals surface area (Å²) in [5.41, 5.74) is 19.7. The number of hydrogen-bond donors (Lipinski definition) is 2. The average Bonchev–Trinajstić information content (AvgIpc) is 3.23. The van der Waals surface area contributed by atoms with Crippen molar-refractivity contribution in [3.8, 4) is 0 Å². The summed E-state index contributed by atoms with van der Waals surface area (Å²) in [7, 11) is 0. The number of carbonyl (C=O) groups excluding carboxylic acids is 2. The van der Waals surface area contributed by atoms with Crippen molar-refractivity contribution in [1.82, 2.24) is 9.80 Å². The fraction of sp³-hybridized carbons (Fsp3) is 0.409. The molecule has 10 heteroatoms. The molecule has 2 amide bonds. The van der Waals surface area contributed by atoms with Gasteiger partial charge in [0.2, 0.25) is 11.8 Å². The monoisotopic (exact) mass is 730 g/mol. The third kappa shape index (κ3) is 9.49. The van der Waals surface area contributed by atoms with Crippen LogP contribution in [0.15, 0.2) is 97.1 Å². The van der Waals surface area contributed by atoms with E-state index in [-0.39, 0.29) is 24.0 Å². The summed E-state index contributed by atoms with van der Waals surface area (Å²) in [5.74, 6) is -0.754. The predicted octanol–water partition coefficient (Wildman–Crippen LogP) is 5.22. The van der Waals surface area contributed by atoms with Gasteiger partial charge in [-0.1, -0.05) is 48.5 Å². The Morgan fingerprint density at radius 3 is 1.26 bits per heavy atom. The Balaban J connectivity index is 0.000000167. The van der Waals surface area contributed by atoms with Gasteiger partial charge in [-0.3, -0.25) is 19.4 Å². The van der Waals surface area contributed by atoms with Gasteiger partial charge in [0.05, 0.1) is 25.4 Å². The van der Waals surface area contributed by atoms with E-state index in [1.807, 2.05) is 48.5 Å². The van der Waals surface area contributed by atoms with E-state index in [1.54, 1.807) is 0 Å². The normalized spacial score (nSPS) is 20.3. The van der Waals surface area contributed by atoms with Gasteiger partial charge < -0.3 is 30.7 Å². The van der Waals surface area contributed by atoms with Gasteiger partial charge in [-0.15, -0.1) is 0 Å². The van der Waals surface area contributed by atoms with Gasteiger partial charge in [-0.2, -0.15) is 0 Å². The number of hydrogen-bond acceptors (Lipinski definition) is 8. The maximum absolute atomic E-state index is 11.2. The molecule has 2 fully saturated rings. The van der Waals surface area contributed by atoms with Crippen molar-refractivity contribution >= 4 is 23.2 Å². The third-order valence-corrected chi connectivity index (χ3v) is 11.4. The van der Waals surface area contributed by atoms with E-state index in [0.717, 1.165) is 116 Å². The van der Waals surface area contributed by atoms with Crippen molar-refractivity contribution in [3.63, 3.8) is 0 Å². The molecule has 2 unspecified atom stereocenters. The summed E-state index contributed by atoms with van der Waals surface area (Å²) in [4.78, 5) is 32.2. The number of anilines is 2. The van der Waals surface area contributed by atoms with E-state index in [2.05, 4.69) is 68.1 Å². The lowest BCUT2D eigenvalue weighted by molar-refractivity contribution is 0.0288. The molecule has 54 heavy (non-hydrogen) atoms. The van der Waals surface area contributed by atoms with Crippen molar-refractivity contribution in [2.75, 3.05) is 88.5 Å². The Morgan fingerprint density at radius 1 is 0.519 bits per heavy atom. The van der Waals surface area contributed by atoms with Crippen LogP contribution in [0, 0.1) is 0 Å². The topological polar surface area (TPSA) is 118 Å². The molecule has 0 radical (unpaired) electrons. The number of rotatable bonds is 10. The average molecular weight is 731 g/mol. The van der Waals surface area contributed by atoms with Crippen molar-refractivity contribution in [2.24, 2.45) is 11.5 Å². The van der Waals surface area contributed by atoms with Crippen molar-refractivity contribution < 1.29 is 19.1 Å². The van der Waals surface area contributed by atoms with Crippen molar-refractivity contribution in [1.29, 1.82) is 0 Å². The highest BCUT2D eigenvalue weighted by Crippen LogP contribution is 2.31. The molecule has 0 aliphatic carbocycles. The quantitative estimate of drug-likeness (QED) is 0.228. The van der Waals surface area contributed by atoms with Crippen molar-refractivity contribution in [2.45, 2.75) is 37.9 Å². The molecule has 2 saturated heterocycles. The van der Waals surface area contributed by atoms with Gasteiger partial charge in [0.15, 0.2) is 0 Å². The fourth-order valence-corrected chi connectivity index (χ4v) is 8.16. The van der Waals surface area contributed by atoms with Gasteiger partial charge in [0.1, 0.15) is 0 Å². The smallest absolute Gasteiger partial charge is 0.248 e. The van der Waals surface area contributed by atoms with E-state index in [4.69, 9.17) is 20.9 Å². The summed E-state index contributed by atoms with van der Waals surface area (Å²) < 4.78 is 12.1. The minimum absolute atomic E-state index is 0.231. The molecule has 8 rings (SSSR count). The highest BCUT2D eigenvalue weighted by molar-refractivity contribution is 5.93. The summed E-state index contributed by atoms with van der Waals surface area (Å²) in [6, 6.07) is 32.5. The van der Waals surface area contributed by atoms with Crippen LogP contribution >= 0.6 is 0 Å². The molecule has 4 aliphatic rings. The zero-order valence-electron chi connectivity index (χ0n) is 31.3. The minimum atomic E-state index is -0.377. The summed E-state index contributed by atoms with van der Waals surface area (Å²) in [5, 5.41) is 0. The fourth-order valence-electron chi connectivity index (χ4n) is 8.16. The Morgan fingerprint density at radius 2 is 0.889 bits per heavy atom. The number of piperazine rings is 2. The number of nitrogens with zero attached hydrogens (tertiary/aromatic N) is 4. The van der Waals surface area contributed by atoms with E-state index < -0.39 is 0 Å². The lowest BCUT2D eigenvalue weighted by Crippen LogP contribution is -2.47. The second-order valence-electron chi connectivity index (χ2n) is 14.7.